The smallest absolute Gasteiger partial charge is 0.262 e. The first-order valence-corrected chi connectivity index (χ1v) is 7.82. The molecular weight excluding hydrogens is 288 g/mol. The van der Waals surface area contributed by atoms with E-state index in [1.807, 2.05) is 36.4 Å². The zero-order valence-corrected chi connectivity index (χ0v) is 13.9. The lowest BCUT2D eigenvalue weighted by Gasteiger charge is -2.12. The molecule has 0 aliphatic carbocycles. The first kappa shape index (κ1) is 17.0. The zero-order valence-electron chi connectivity index (χ0n) is 13.9. The van der Waals surface area contributed by atoms with Crippen LogP contribution in [0.2, 0.25) is 0 Å². The number of benzene rings is 2. The van der Waals surface area contributed by atoms with E-state index in [1.54, 1.807) is 0 Å². The van der Waals surface area contributed by atoms with Gasteiger partial charge in [0, 0.05) is 12.2 Å². The second-order valence-electron chi connectivity index (χ2n) is 5.91. The van der Waals surface area contributed by atoms with E-state index in [9.17, 15) is 4.79 Å². The van der Waals surface area contributed by atoms with E-state index in [2.05, 4.69) is 32.2 Å². The summed E-state index contributed by atoms with van der Waals surface area (Å²) in [5.41, 5.74) is 9.78. The molecule has 1 amide bonds. The number of amides is 1. The second-order valence-corrected chi connectivity index (χ2v) is 5.91. The number of hydrogen-bond acceptors (Lipinski definition) is 3. The summed E-state index contributed by atoms with van der Waals surface area (Å²) in [5, 5.41) is 2.80. The van der Waals surface area contributed by atoms with E-state index in [0.717, 1.165) is 11.3 Å². The van der Waals surface area contributed by atoms with Crippen LogP contribution in [0.5, 0.6) is 5.75 Å². The molecule has 2 rings (SSSR count). The molecule has 0 radical (unpaired) electrons. The highest BCUT2D eigenvalue weighted by molar-refractivity contribution is 5.91. The molecule has 0 unspecified atom stereocenters. The molecule has 4 nitrogen and oxygen atoms in total. The van der Waals surface area contributed by atoms with Crippen molar-refractivity contribution in [2.45, 2.75) is 33.2 Å². The van der Waals surface area contributed by atoms with Gasteiger partial charge in [-0.1, -0.05) is 32.0 Å². The van der Waals surface area contributed by atoms with Crippen LogP contribution in [0.15, 0.2) is 42.5 Å². The fourth-order valence-corrected chi connectivity index (χ4v) is 2.46. The highest BCUT2D eigenvalue weighted by Gasteiger charge is 2.07. The molecule has 0 saturated heterocycles. The van der Waals surface area contributed by atoms with Crippen molar-refractivity contribution in [1.29, 1.82) is 0 Å². The normalized spacial score (nSPS) is 10.7. The van der Waals surface area contributed by atoms with Crippen molar-refractivity contribution in [3.8, 4) is 5.75 Å². The molecule has 0 aromatic heterocycles. The maximum atomic E-state index is 11.9. The molecule has 0 aliphatic rings. The number of rotatable bonds is 6. The molecule has 3 N–H and O–H groups in total. The van der Waals surface area contributed by atoms with Gasteiger partial charge in [0.05, 0.1) is 0 Å². The molecule has 0 fully saturated rings. The Morgan fingerprint density at radius 1 is 1.17 bits per heavy atom. The first-order valence-electron chi connectivity index (χ1n) is 7.82. The van der Waals surface area contributed by atoms with Crippen molar-refractivity contribution in [1.82, 2.24) is 0 Å². The predicted octanol–water partition coefficient (Wildman–Crippen LogP) is 3.59. The van der Waals surface area contributed by atoms with Gasteiger partial charge in [0.2, 0.25) is 0 Å². The van der Waals surface area contributed by atoms with Gasteiger partial charge in [-0.15, -0.1) is 0 Å². The minimum Gasteiger partial charge on any atom is -0.484 e. The SMILES string of the molecule is Cc1cc(OCC(=O)Nc2ccc(CN)cc2)ccc1C(C)C. The number of ether oxygens (including phenoxy) is 1. The van der Waals surface area contributed by atoms with Crippen molar-refractivity contribution >= 4 is 11.6 Å². The van der Waals surface area contributed by atoms with Crippen LogP contribution in [0, 0.1) is 6.92 Å². The molecule has 0 saturated carbocycles. The van der Waals surface area contributed by atoms with Gasteiger partial charge in [0.15, 0.2) is 6.61 Å². The predicted molar refractivity (Wildman–Crippen MR) is 93.7 cm³/mol. The largest absolute Gasteiger partial charge is 0.484 e. The van der Waals surface area contributed by atoms with Crippen LogP contribution in [0.4, 0.5) is 5.69 Å². The zero-order chi connectivity index (χ0) is 16.8. The molecule has 4 heteroatoms. The van der Waals surface area contributed by atoms with E-state index < -0.39 is 0 Å². The van der Waals surface area contributed by atoms with Crippen LogP contribution < -0.4 is 15.8 Å². The third-order valence-electron chi connectivity index (χ3n) is 3.71. The minimum atomic E-state index is -0.184. The number of anilines is 1. The summed E-state index contributed by atoms with van der Waals surface area (Å²) in [7, 11) is 0. The number of carbonyl (C=O) groups is 1. The summed E-state index contributed by atoms with van der Waals surface area (Å²) in [6.07, 6.45) is 0. The van der Waals surface area contributed by atoms with Crippen molar-refractivity contribution in [3.05, 3.63) is 59.2 Å². The topological polar surface area (TPSA) is 64.3 Å². The molecule has 122 valence electrons. The maximum Gasteiger partial charge on any atom is 0.262 e. The summed E-state index contributed by atoms with van der Waals surface area (Å²) in [6.45, 7) is 6.85. The highest BCUT2D eigenvalue weighted by atomic mass is 16.5. The molecule has 0 spiro atoms. The van der Waals surface area contributed by atoms with Crippen molar-refractivity contribution < 1.29 is 9.53 Å². The quantitative estimate of drug-likeness (QED) is 0.856. The molecule has 23 heavy (non-hydrogen) atoms. The molecule has 0 bridgehead atoms. The lowest BCUT2D eigenvalue weighted by molar-refractivity contribution is -0.118. The van der Waals surface area contributed by atoms with Crippen molar-refractivity contribution in [2.24, 2.45) is 5.73 Å². The monoisotopic (exact) mass is 312 g/mol. The highest BCUT2D eigenvalue weighted by Crippen LogP contribution is 2.23. The van der Waals surface area contributed by atoms with Gasteiger partial charge < -0.3 is 15.8 Å². The Balaban J connectivity index is 1.89. The number of carbonyl (C=O) groups excluding carboxylic acids is 1. The average Bonchev–Trinajstić information content (AvgIpc) is 2.53. The van der Waals surface area contributed by atoms with Gasteiger partial charge in [0.25, 0.3) is 5.91 Å². The average molecular weight is 312 g/mol. The number of nitrogens with two attached hydrogens (primary N) is 1. The van der Waals surface area contributed by atoms with Crippen LogP contribution >= 0.6 is 0 Å². The molecule has 0 aliphatic heterocycles. The Morgan fingerprint density at radius 3 is 2.43 bits per heavy atom. The van der Waals surface area contributed by atoms with Crippen LogP contribution in [-0.4, -0.2) is 12.5 Å². The second kappa shape index (κ2) is 7.79. The lowest BCUT2D eigenvalue weighted by Crippen LogP contribution is -2.20. The summed E-state index contributed by atoms with van der Waals surface area (Å²) in [5.74, 6) is 1.00. The summed E-state index contributed by atoms with van der Waals surface area (Å²) in [6, 6.07) is 13.4. The lowest BCUT2D eigenvalue weighted by atomic mass is 9.98. The first-order chi connectivity index (χ1) is 11.0. The molecule has 0 atom stereocenters. The van der Waals surface area contributed by atoms with E-state index in [1.165, 1.54) is 11.1 Å². The van der Waals surface area contributed by atoms with Crippen molar-refractivity contribution in [2.75, 3.05) is 11.9 Å². The van der Waals surface area contributed by atoms with E-state index >= 15 is 0 Å². The van der Waals surface area contributed by atoms with Crippen LogP contribution in [0.1, 0.15) is 36.5 Å². The van der Waals surface area contributed by atoms with Gasteiger partial charge in [-0.05, 0) is 53.8 Å². The van der Waals surface area contributed by atoms with E-state index in [4.69, 9.17) is 10.5 Å². The molecule has 2 aromatic rings. The van der Waals surface area contributed by atoms with Gasteiger partial charge in [-0.3, -0.25) is 4.79 Å². The van der Waals surface area contributed by atoms with Gasteiger partial charge in [0.1, 0.15) is 5.75 Å². The number of hydrogen-bond donors (Lipinski definition) is 2. The Labute approximate surface area is 137 Å². The Hall–Kier alpha value is -2.33. The standard InChI is InChI=1S/C19H24N2O2/c1-13(2)18-9-8-17(10-14(18)3)23-12-19(22)21-16-6-4-15(11-20)5-7-16/h4-10,13H,11-12,20H2,1-3H3,(H,21,22). The van der Waals surface area contributed by atoms with Crippen LogP contribution in [-0.2, 0) is 11.3 Å². The van der Waals surface area contributed by atoms with Gasteiger partial charge in [-0.25, -0.2) is 0 Å². The minimum absolute atomic E-state index is 0.0148. The summed E-state index contributed by atoms with van der Waals surface area (Å²) < 4.78 is 5.57. The number of nitrogens with one attached hydrogen (secondary N) is 1. The summed E-state index contributed by atoms with van der Waals surface area (Å²) >= 11 is 0. The Bertz CT molecular complexity index is 664. The maximum absolute atomic E-state index is 11.9. The molecular formula is C19H24N2O2. The molecule has 0 heterocycles. The van der Waals surface area contributed by atoms with Crippen LogP contribution in [0.3, 0.4) is 0 Å². The third-order valence-corrected chi connectivity index (χ3v) is 3.71. The fraction of sp³-hybridized carbons (Fsp3) is 0.316. The van der Waals surface area contributed by atoms with Crippen LogP contribution in [0.25, 0.3) is 0 Å². The van der Waals surface area contributed by atoms with E-state index in [-0.39, 0.29) is 12.5 Å². The van der Waals surface area contributed by atoms with Gasteiger partial charge >= 0.3 is 0 Å². The fourth-order valence-electron chi connectivity index (χ4n) is 2.46. The van der Waals surface area contributed by atoms with Crippen molar-refractivity contribution in [3.63, 3.8) is 0 Å². The Morgan fingerprint density at radius 2 is 1.87 bits per heavy atom. The Kier molecular flexibility index (Phi) is 5.77. The number of aryl methyl sites for hydroxylation is 1. The van der Waals surface area contributed by atoms with Gasteiger partial charge in [-0.2, -0.15) is 0 Å². The molecule has 2 aromatic carbocycles. The third kappa shape index (κ3) is 4.83. The summed E-state index contributed by atoms with van der Waals surface area (Å²) in [4.78, 5) is 11.9. The van der Waals surface area contributed by atoms with E-state index in [0.29, 0.717) is 18.2 Å².